The topological polar surface area (TPSA) is 54.0 Å². The Labute approximate surface area is 154 Å². The molecule has 0 spiro atoms. The zero-order valence-corrected chi connectivity index (χ0v) is 15.6. The second-order valence-electron chi connectivity index (χ2n) is 6.68. The van der Waals surface area contributed by atoms with E-state index < -0.39 is 0 Å². The summed E-state index contributed by atoms with van der Waals surface area (Å²) in [6.45, 7) is 8.09. The van der Waals surface area contributed by atoms with Crippen LogP contribution in [0.4, 0.5) is 17.1 Å². The molecule has 3 rings (SSSR count). The molecule has 4 heteroatoms. The summed E-state index contributed by atoms with van der Waals surface area (Å²) < 4.78 is 0. The highest BCUT2D eigenvalue weighted by Gasteiger charge is 2.11. The van der Waals surface area contributed by atoms with E-state index >= 15 is 0 Å². The van der Waals surface area contributed by atoms with E-state index in [1.165, 1.54) is 11.1 Å². The molecule has 0 fully saturated rings. The van der Waals surface area contributed by atoms with Gasteiger partial charge in [-0.05, 0) is 68.1 Å². The number of benzene rings is 2. The van der Waals surface area contributed by atoms with Crippen LogP contribution in [0.3, 0.4) is 0 Å². The number of aryl methyl sites for hydroxylation is 4. The van der Waals surface area contributed by atoms with Gasteiger partial charge in [-0.1, -0.05) is 24.3 Å². The Bertz CT molecular complexity index is 923. The molecule has 26 heavy (non-hydrogen) atoms. The second-order valence-corrected chi connectivity index (χ2v) is 6.68. The largest absolute Gasteiger partial charge is 0.354 e. The van der Waals surface area contributed by atoms with E-state index in [1.807, 2.05) is 38.1 Å². The minimum absolute atomic E-state index is 0.168. The molecule has 0 aliphatic carbocycles. The normalized spacial score (nSPS) is 10.5. The number of aromatic nitrogens is 1. The van der Waals surface area contributed by atoms with Crippen LogP contribution in [0.5, 0.6) is 0 Å². The molecule has 0 radical (unpaired) electrons. The lowest BCUT2D eigenvalue weighted by Gasteiger charge is -2.12. The fourth-order valence-electron chi connectivity index (χ4n) is 3.04. The summed E-state index contributed by atoms with van der Waals surface area (Å²) in [5, 5.41) is 6.32. The summed E-state index contributed by atoms with van der Waals surface area (Å²) in [6, 6.07) is 14.0. The van der Waals surface area contributed by atoms with Crippen molar-refractivity contribution in [2.24, 2.45) is 0 Å². The van der Waals surface area contributed by atoms with Gasteiger partial charge in [-0.15, -0.1) is 0 Å². The van der Waals surface area contributed by atoms with Crippen molar-refractivity contribution < 1.29 is 4.79 Å². The van der Waals surface area contributed by atoms with Crippen molar-refractivity contribution in [3.8, 4) is 0 Å². The van der Waals surface area contributed by atoms with E-state index in [-0.39, 0.29) is 5.91 Å². The number of hydrogen-bond acceptors (Lipinski definition) is 3. The zero-order chi connectivity index (χ0) is 18.7. The molecule has 0 aliphatic heterocycles. The molecule has 0 atom stereocenters. The van der Waals surface area contributed by atoms with Crippen molar-refractivity contribution in [2.75, 3.05) is 10.6 Å². The summed E-state index contributed by atoms with van der Waals surface area (Å²) in [5.41, 5.74) is 7.58. The summed E-state index contributed by atoms with van der Waals surface area (Å²) in [6.07, 6.45) is 3.29. The Hall–Kier alpha value is -3.14. The highest BCUT2D eigenvalue weighted by atomic mass is 16.1. The Balaban J connectivity index is 1.81. The molecule has 1 aromatic heterocycles. The van der Waals surface area contributed by atoms with Crippen molar-refractivity contribution in [3.05, 3.63) is 82.7 Å². The number of para-hydroxylation sites is 1. The van der Waals surface area contributed by atoms with Gasteiger partial charge in [-0.3, -0.25) is 9.78 Å². The highest BCUT2D eigenvalue weighted by molar-refractivity contribution is 6.05. The van der Waals surface area contributed by atoms with Crippen LogP contribution in [0, 0.1) is 27.7 Å². The number of hydrogen-bond donors (Lipinski definition) is 2. The average Bonchev–Trinajstić information content (AvgIpc) is 2.57. The molecule has 0 aliphatic rings. The third kappa shape index (κ3) is 4.09. The Morgan fingerprint density at radius 1 is 0.846 bits per heavy atom. The van der Waals surface area contributed by atoms with E-state index in [2.05, 4.69) is 47.7 Å². The number of anilines is 3. The first-order valence-corrected chi connectivity index (χ1v) is 8.60. The standard InChI is InChI=1S/C22H23N3O/c1-14-8-15(2)10-19(9-14)24-20-11-18(12-23-13-20)22(26)25-21-16(3)6-5-7-17(21)4/h5-13,24H,1-4H3,(H,25,26). The average molecular weight is 345 g/mol. The van der Waals surface area contributed by atoms with Crippen molar-refractivity contribution >= 4 is 23.0 Å². The molecule has 1 heterocycles. The van der Waals surface area contributed by atoms with Crippen LogP contribution in [0.2, 0.25) is 0 Å². The maximum absolute atomic E-state index is 12.7. The lowest BCUT2D eigenvalue weighted by molar-refractivity contribution is 0.102. The van der Waals surface area contributed by atoms with Crippen molar-refractivity contribution in [2.45, 2.75) is 27.7 Å². The van der Waals surface area contributed by atoms with Crippen LogP contribution >= 0.6 is 0 Å². The molecule has 0 saturated heterocycles. The predicted octanol–water partition coefficient (Wildman–Crippen LogP) is 5.31. The fourth-order valence-corrected chi connectivity index (χ4v) is 3.04. The van der Waals surface area contributed by atoms with E-state index in [4.69, 9.17) is 0 Å². The molecular formula is C22H23N3O. The molecule has 2 N–H and O–H groups in total. The monoisotopic (exact) mass is 345 g/mol. The van der Waals surface area contributed by atoms with Gasteiger partial charge in [0.15, 0.2) is 0 Å². The minimum atomic E-state index is -0.168. The first-order chi connectivity index (χ1) is 12.4. The number of carbonyl (C=O) groups is 1. The van der Waals surface area contributed by atoms with Gasteiger partial charge in [0, 0.05) is 17.6 Å². The summed E-state index contributed by atoms with van der Waals surface area (Å²) in [4.78, 5) is 16.9. The van der Waals surface area contributed by atoms with Crippen LogP contribution in [0.15, 0.2) is 54.9 Å². The Morgan fingerprint density at radius 2 is 1.50 bits per heavy atom. The van der Waals surface area contributed by atoms with Crippen molar-refractivity contribution in [3.63, 3.8) is 0 Å². The van der Waals surface area contributed by atoms with Crippen molar-refractivity contribution in [1.29, 1.82) is 0 Å². The number of amides is 1. The van der Waals surface area contributed by atoms with Gasteiger partial charge in [-0.2, -0.15) is 0 Å². The lowest BCUT2D eigenvalue weighted by Crippen LogP contribution is -2.14. The van der Waals surface area contributed by atoms with Gasteiger partial charge in [0.2, 0.25) is 0 Å². The van der Waals surface area contributed by atoms with Crippen LogP contribution < -0.4 is 10.6 Å². The van der Waals surface area contributed by atoms with E-state index in [9.17, 15) is 4.79 Å². The second kappa shape index (κ2) is 7.40. The van der Waals surface area contributed by atoms with Crippen LogP contribution in [-0.2, 0) is 0 Å². The molecule has 132 valence electrons. The summed E-state index contributed by atoms with van der Waals surface area (Å²) in [5.74, 6) is -0.168. The van der Waals surface area contributed by atoms with Gasteiger partial charge in [0.1, 0.15) is 0 Å². The fraction of sp³-hybridized carbons (Fsp3) is 0.182. The van der Waals surface area contributed by atoms with Gasteiger partial charge >= 0.3 is 0 Å². The Morgan fingerprint density at radius 3 is 2.15 bits per heavy atom. The lowest BCUT2D eigenvalue weighted by atomic mass is 10.1. The maximum Gasteiger partial charge on any atom is 0.257 e. The molecule has 1 amide bonds. The predicted molar refractivity (Wildman–Crippen MR) is 107 cm³/mol. The molecular weight excluding hydrogens is 322 g/mol. The van der Waals surface area contributed by atoms with E-state index in [1.54, 1.807) is 12.4 Å². The molecule has 3 aromatic rings. The van der Waals surface area contributed by atoms with Crippen LogP contribution in [-0.4, -0.2) is 10.9 Å². The first-order valence-electron chi connectivity index (χ1n) is 8.60. The molecule has 2 aromatic carbocycles. The summed E-state index contributed by atoms with van der Waals surface area (Å²) in [7, 11) is 0. The number of carbonyl (C=O) groups excluding carboxylic acids is 1. The minimum Gasteiger partial charge on any atom is -0.354 e. The molecule has 4 nitrogen and oxygen atoms in total. The maximum atomic E-state index is 12.7. The van der Waals surface area contributed by atoms with Crippen LogP contribution in [0.1, 0.15) is 32.6 Å². The third-order valence-corrected chi connectivity index (χ3v) is 4.23. The number of nitrogens with one attached hydrogen (secondary N) is 2. The van der Waals surface area contributed by atoms with Gasteiger partial charge in [0.05, 0.1) is 17.4 Å². The van der Waals surface area contributed by atoms with Gasteiger partial charge in [0.25, 0.3) is 5.91 Å². The summed E-state index contributed by atoms with van der Waals surface area (Å²) >= 11 is 0. The van der Waals surface area contributed by atoms with Gasteiger partial charge < -0.3 is 10.6 Å². The number of pyridine rings is 1. The quantitative estimate of drug-likeness (QED) is 0.673. The van der Waals surface area contributed by atoms with E-state index in [0.717, 1.165) is 28.2 Å². The van der Waals surface area contributed by atoms with Gasteiger partial charge in [-0.25, -0.2) is 0 Å². The SMILES string of the molecule is Cc1cc(C)cc(Nc2cncc(C(=O)Nc3c(C)cccc3C)c2)c1. The number of nitrogens with zero attached hydrogens (tertiary/aromatic N) is 1. The Kier molecular flexibility index (Phi) is 5.03. The third-order valence-electron chi connectivity index (χ3n) is 4.23. The molecule has 0 unspecified atom stereocenters. The molecule has 0 saturated carbocycles. The zero-order valence-electron chi connectivity index (χ0n) is 15.6. The molecule has 0 bridgehead atoms. The smallest absolute Gasteiger partial charge is 0.257 e. The number of rotatable bonds is 4. The van der Waals surface area contributed by atoms with Crippen molar-refractivity contribution in [1.82, 2.24) is 4.98 Å². The first kappa shape index (κ1) is 17.7. The van der Waals surface area contributed by atoms with Crippen LogP contribution in [0.25, 0.3) is 0 Å². The highest BCUT2D eigenvalue weighted by Crippen LogP contribution is 2.22. The van der Waals surface area contributed by atoms with E-state index in [0.29, 0.717) is 5.56 Å².